The number of hydrogen-bond acceptors (Lipinski definition) is 3. The van der Waals surface area contributed by atoms with E-state index >= 15 is 0 Å². The molecule has 0 atom stereocenters. The number of rotatable bonds is 4. The van der Waals surface area contributed by atoms with Gasteiger partial charge in [0.05, 0.1) is 5.56 Å². The Kier molecular flexibility index (Phi) is 4.17. The van der Waals surface area contributed by atoms with Gasteiger partial charge in [-0.15, -0.1) is 0 Å². The minimum absolute atomic E-state index is 0.109. The number of aromatic nitrogens is 1. The normalized spacial score (nSPS) is 14.2. The Morgan fingerprint density at radius 1 is 1.00 bits per heavy atom. The first-order valence-electron chi connectivity index (χ1n) is 9.48. The topological polar surface area (TPSA) is 40.5 Å². The number of carbonyl (C=O) groups is 1. The Labute approximate surface area is 168 Å². The maximum Gasteiger partial charge on any atom is 0.231 e. The zero-order valence-corrected chi connectivity index (χ0v) is 16.0. The van der Waals surface area contributed by atoms with Crippen LogP contribution in [-0.2, 0) is 13.7 Å². The van der Waals surface area contributed by atoms with Crippen LogP contribution < -0.4 is 9.47 Å². The fourth-order valence-corrected chi connectivity index (χ4v) is 3.63. The van der Waals surface area contributed by atoms with Crippen LogP contribution in [0.5, 0.6) is 11.5 Å². The van der Waals surface area contributed by atoms with E-state index in [-0.39, 0.29) is 5.78 Å². The van der Waals surface area contributed by atoms with E-state index in [4.69, 9.17) is 9.47 Å². The molecule has 0 radical (unpaired) electrons. The van der Waals surface area contributed by atoms with Crippen LogP contribution in [0.1, 0.15) is 21.5 Å². The van der Waals surface area contributed by atoms with E-state index in [2.05, 4.69) is 6.07 Å². The highest BCUT2D eigenvalue weighted by molar-refractivity contribution is 6.15. The fraction of sp³-hybridized carbons (Fsp3) is 0.0800. The average molecular weight is 381 g/mol. The van der Waals surface area contributed by atoms with Crippen molar-refractivity contribution in [3.05, 3.63) is 101 Å². The van der Waals surface area contributed by atoms with Gasteiger partial charge in [-0.2, -0.15) is 0 Å². The van der Waals surface area contributed by atoms with Crippen LogP contribution in [0.25, 0.3) is 17.0 Å². The highest BCUT2D eigenvalue weighted by Gasteiger charge is 2.28. The van der Waals surface area contributed by atoms with Crippen molar-refractivity contribution in [2.45, 2.75) is 6.61 Å². The Bertz CT molecular complexity index is 1250. The van der Waals surface area contributed by atoms with E-state index in [1.807, 2.05) is 78.5 Å². The summed E-state index contributed by atoms with van der Waals surface area (Å²) in [7, 11) is 1.99. The number of allylic oxidation sites excluding steroid dienone is 1. The Morgan fingerprint density at radius 2 is 1.79 bits per heavy atom. The second-order valence-electron chi connectivity index (χ2n) is 7.08. The van der Waals surface area contributed by atoms with E-state index in [9.17, 15) is 4.79 Å². The van der Waals surface area contributed by atoms with Gasteiger partial charge in [-0.05, 0) is 29.8 Å². The van der Waals surface area contributed by atoms with Crippen LogP contribution in [0.3, 0.4) is 0 Å². The minimum atomic E-state index is -0.109. The second kappa shape index (κ2) is 6.99. The molecule has 29 heavy (non-hydrogen) atoms. The lowest BCUT2D eigenvalue weighted by molar-refractivity contribution is 0.101. The van der Waals surface area contributed by atoms with E-state index in [0.29, 0.717) is 29.4 Å². The third-order valence-corrected chi connectivity index (χ3v) is 5.10. The number of aryl methyl sites for hydroxylation is 1. The van der Waals surface area contributed by atoms with Gasteiger partial charge in [0.2, 0.25) is 5.78 Å². The minimum Gasteiger partial charge on any atom is -0.489 e. The lowest BCUT2D eigenvalue weighted by Gasteiger charge is -2.07. The first-order chi connectivity index (χ1) is 14.2. The monoisotopic (exact) mass is 381 g/mol. The van der Waals surface area contributed by atoms with Crippen molar-refractivity contribution >= 4 is 22.8 Å². The first kappa shape index (κ1) is 17.3. The molecule has 4 nitrogen and oxygen atoms in total. The summed E-state index contributed by atoms with van der Waals surface area (Å²) in [6.45, 7) is 0.465. The molecule has 0 amide bonds. The van der Waals surface area contributed by atoms with E-state index in [1.54, 1.807) is 12.1 Å². The van der Waals surface area contributed by atoms with Crippen LogP contribution in [0.15, 0.2) is 84.8 Å². The maximum absolute atomic E-state index is 12.8. The number of fused-ring (bicyclic) bond motifs is 2. The predicted molar refractivity (Wildman–Crippen MR) is 113 cm³/mol. The molecule has 1 aliphatic rings. The molecule has 0 unspecified atom stereocenters. The first-order valence-corrected chi connectivity index (χ1v) is 9.48. The summed E-state index contributed by atoms with van der Waals surface area (Å²) in [5, 5.41) is 1.08. The van der Waals surface area contributed by atoms with Crippen molar-refractivity contribution < 1.29 is 14.3 Å². The molecule has 4 aromatic rings. The number of carbonyl (C=O) groups excluding carboxylic acids is 1. The third kappa shape index (κ3) is 3.19. The van der Waals surface area contributed by atoms with E-state index in [0.717, 1.165) is 22.0 Å². The van der Waals surface area contributed by atoms with Gasteiger partial charge in [0.1, 0.15) is 18.1 Å². The van der Waals surface area contributed by atoms with E-state index < -0.39 is 0 Å². The smallest absolute Gasteiger partial charge is 0.231 e. The van der Waals surface area contributed by atoms with Crippen molar-refractivity contribution in [2.24, 2.45) is 7.05 Å². The predicted octanol–water partition coefficient (Wildman–Crippen LogP) is 5.37. The van der Waals surface area contributed by atoms with Crippen molar-refractivity contribution in [2.75, 3.05) is 0 Å². The zero-order chi connectivity index (χ0) is 19.8. The molecule has 1 aromatic heterocycles. The van der Waals surface area contributed by atoms with Gasteiger partial charge < -0.3 is 14.0 Å². The molecule has 4 heteroatoms. The van der Waals surface area contributed by atoms with Crippen molar-refractivity contribution in [3.8, 4) is 11.5 Å². The molecule has 1 aliphatic heterocycles. The Morgan fingerprint density at radius 3 is 2.66 bits per heavy atom. The van der Waals surface area contributed by atoms with Gasteiger partial charge >= 0.3 is 0 Å². The van der Waals surface area contributed by atoms with Crippen LogP contribution >= 0.6 is 0 Å². The number of para-hydroxylation sites is 1. The fourth-order valence-electron chi connectivity index (χ4n) is 3.63. The van der Waals surface area contributed by atoms with Gasteiger partial charge in [0.25, 0.3) is 0 Å². The largest absolute Gasteiger partial charge is 0.489 e. The zero-order valence-electron chi connectivity index (χ0n) is 16.0. The summed E-state index contributed by atoms with van der Waals surface area (Å²) >= 11 is 0. The van der Waals surface area contributed by atoms with Crippen LogP contribution in [0.4, 0.5) is 0 Å². The van der Waals surface area contributed by atoms with Crippen LogP contribution in [-0.4, -0.2) is 10.4 Å². The SMILES string of the molecule is Cn1cc(/C=C2/Oc3cc(OCc4ccccc4)ccc3C2=O)c2ccccc21. The molecule has 0 aliphatic carbocycles. The van der Waals surface area contributed by atoms with Crippen molar-refractivity contribution in [1.29, 1.82) is 0 Å². The molecule has 0 saturated heterocycles. The number of nitrogens with zero attached hydrogens (tertiary/aromatic N) is 1. The van der Waals surface area contributed by atoms with Gasteiger partial charge in [0, 0.05) is 35.8 Å². The van der Waals surface area contributed by atoms with Gasteiger partial charge in [-0.25, -0.2) is 0 Å². The maximum atomic E-state index is 12.8. The molecule has 0 N–H and O–H groups in total. The molecule has 5 rings (SSSR count). The quantitative estimate of drug-likeness (QED) is 0.446. The molecule has 2 heterocycles. The average Bonchev–Trinajstić information content (AvgIpc) is 3.24. The number of benzene rings is 3. The van der Waals surface area contributed by atoms with Crippen molar-refractivity contribution in [1.82, 2.24) is 4.57 Å². The molecule has 0 fully saturated rings. The van der Waals surface area contributed by atoms with Crippen LogP contribution in [0, 0.1) is 0 Å². The van der Waals surface area contributed by atoms with Gasteiger partial charge in [0.15, 0.2) is 5.76 Å². The molecule has 0 saturated carbocycles. The Balaban J connectivity index is 1.41. The lowest BCUT2D eigenvalue weighted by Crippen LogP contribution is -1.97. The van der Waals surface area contributed by atoms with Crippen LogP contribution in [0.2, 0.25) is 0 Å². The highest BCUT2D eigenvalue weighted by Crippen LogP contribution is 2.36. The summed E-state index contributed by atoms with van der Waals surface area (Å²) < 4.78 is 13.8. The number of ether oxygens (including phenoxy) is 2. The summed E-state index contributed by atoms with van der Waals surface area (Å²) in [6.07, 6.45) is 3.82. The summed E-state index contributed by atoms with van der Waals surface area (Å²) in [4.78, 5) is 12.8. The van der Waals surface area contributed by atoms with E-state index in [1.165, 1.54) is 0 Å². The molecule has 0 bridgehead atoms. The number of ketones is 1. The molecule has 142 valence electrons. The lowest BCUT2D eigenvalue weighted by atomic mass is 10.1. The summed E-state index contributed by atoms with van der Waals surface area (Å²) in [5.41, 5.74) is 3.71. The third-order valence-electron chi connectivity index (χ3n) is 5.10. The highest BCUT2D eigenvalue weighted by atomic mass is 16.5. The number of hydrogen-bond donors (Lipinski definition) is 0. The molecular formula is C25H19NO3. The summed E-state index contributed by atoms with van der Waals surface area (Å²) in [6, 6.07) is 23.4. The van der Waals surface area contributed by atoms with Gasteiger partial charge in [-0.3, -0.25) is 4.79 Å². The summed E-state index contributed by atoms with van der Waals surface area (Å²) in [5.74, 6) is 1.43. The molecule has 0 spiro atoms. The second-order valence-corrected chi connectivity index (χ2v) is 7.08. The molecule has 3 aromatic carbocycles. The molecular weight excluding hydrogens is 362 g/mol. The Hall–Kier alpha value is -3.79. The number of Topliss-reactive ketones (excluding diaryl/α,β-unsaturated/α-hetero) is 1. The van der Waals surface area contributed by atoms with Crippen molar-refractivity contribution in [3.63, 3.8) is 0 Å². The van der Waals surface area contributed by atoms with Gasteiger partial charge in [-0.1, -0.05) is 48.5 Å². The standard InChI is InChI=1S/C25H19NO3/c1-26-15-18(20-9-5-6-10-22(20)26)13-24-25(27)21-12-11-19(14-23(21)29-24)28-16-17-7-3-2-4-8-17/h2-15H,16H2,1H3/b24-13+.